The van der Waals surface area contributed by atoms with Crippen molar-refractivity contribution in [2.24, 2.45) is 0 Å². The third kappa shape index (κ3) is 1.09. The second-order valence-corrected chi connectivity index (χ2v) is 3.98. The summed E-state index contributed by atoms with van der Waals surface area (Å²) in [7, 11) is 0. The summed E-state index contributed by atoms with van der Waals surface area (Å²) in [4.78, 5) is 15.9. The number of imidazole rings is 1. The van der Waals surface area contributed by atoms with Crippen molar-refractivity contribution in [3.8, 4) is 0 Å². The first kappa shape index (κ1) is 8.64. The molecule has 1 N–H and O–H groups in total. The number of fused-ring (bicyclic) bond motifs is 5. The molecule has 0 aliphatic rings. The molecule has 0 saturated carbocycles. The Labute approximate surface area is 96.3 Å². The van der Waals surface area contributed by atoms with Gasteiger partial charge in [0.2, 0.25) is 0 Å². The average Bonchev–Trinajstić information content (AvgIpc) is 2.86. The van der Waals surface area contributed by atoms with Crippen molar-refractivity contribution < 1.29 is 0 Å². The molecule has 0 spiro atoms. The van der Waals surface area contributed by atoms with Crippen LogP contribution in [0.2, 0.25) is 0 Å². The van der Waals surface area contributed by atoms with Gasteiger partial charge in [0.15, 0.2) is 0 Å². The predicted octanol–water partition coefficient (Wildman–Crippen LogP) is 2.66. The van der Waals surface area contributed by atoms with Gasteiger partial charge in [-0.1, -0.05) is 12.1 Å². The highest BCUT2D eigenvalue weighted by Crippen LogP contribution is 2.28. The molecule has 0 amide bonds. The van der Waals surface area contributed by atoms with Crippen molar-refractivity contribution in [1.29, 1.82) is 0 Å². The molecule has 2 heterocycles. The highest BCUT2D eigenvalue weighted by molar-refractivity contribution is 6.17. The van der Waals surface area contributed by atoms with E-state index in [4.69, 9.17) is 0 Å². The molecule has 80 valence electrons. The van der Waals surface area contributed by atoms with Gasteiger partial charge in [0.05, 0.1) is 22.9 Å². The number of rotatable bonds is 0. The fourth-order valence-electron chi connectivity index (χ4n) is 2.28. The van der Waals surface area contributed by atoms with E-state index in [1.807, 2.05) is 18.3 Å². The van der Waals surface area contributed by atoms with Crippen molar-refractivity contribution in [2.75, 3.05) is 0 Å². The van der Waals surface area contributed by atoms with Crippen molar-refractivity contribution in [1.82, 2.24) is 19.9 Å². The van der Waals surface area contributed by atoms with Gasteiger partial charge in [-0.2, -0.15) is 0 Å². The first-order valence-electron chi connectivity index (χ1n) is 5.38. The van der Waals surface area contributed by atoms with Crippen molar-refractivity contribution >= 4 is 32.7 Å². The standard InChI is InChI=1S/C13H8N4/c1-3-10-9(5-14-6-15-10)12-8(1)2-4-11-13(12)17-7-16-11/h1-7H,(H,16,17). The minimum Gasteiger partial charge on any atom is -0.345 e. The van der Waals surface area contributed by atoms with E-state index < -0.39 is 0 Å². The Balaban J connectivity index is 2.41. The van der Waals surface area contributed by atoms with Gasteiger partial charge in [0.1, 0.15) is 6.33 Å². The molecular formula is C13H8N4. The van der Waals surface area contributed by atoms with E-state index in [9.17, 15) is 0 Å². The van der Waals surface area contributed by atoms with Crippen LogP contribution in [0.1, 0.15) is 0 Å². The summed E-state index contributed by atoms with van der Waals surface area (Å²) in [6.07, 6.45) is 5.13. The molecule has 2 aromatic heterocycles. The molecule has 0 atom stereocenters. The fourth-order valence-corrected chi connectivity index (χ4v) is 2.28. The lowest BCUT2D eigenvalue weighted by molar-refractivity contribution is 1.23. The molecule has 0 saturated heterocycles. The van der Waals surface area contributed by atoms with Crippen molar-refractivity contribution in [3.05, 3.63) is 43.1 Å². The van der Waals surface area contributed by atoms with E-state index in [1.54, 1.807) is 12.7 Å². The lowest BCUT2D eigenvalue weighted by atomic mass is 10.0. The number of benzene rings is 2. The number of aromatic nitrogens is 4. The quantitative estimate of drug-likeness (QED) is 0.463. The van der Waals surface area contributed by atoms with Gasteiger partial charge in [0.25, 0.3) is 0 Å². The van der Waals surface area contributed by atoms with Crippen LogP contribution in [0, 0.1) is 0 Å². The minimum absolute atomic E-state index is 0.947. The van der Waals surface area contributed by atoms with E-state index in [1.165, 1.54) is 0 Å². The molecule has 0 bridgehead atoms. The Morgan fingerprint density at radius 2 is 1.94 bits per heavy atom. The highest BCUT2D eigenvalue weighted by Gasteiger charge is 2.07. The van der Waals surface area contributed by atoms with Crippen molar-refractivity contribution in [3.63, 3.8) is 0 Å². The van der Waals surface area contributed by atoms with E-state index in [0.29, 0.717) is 0 Å². The minimum atomic E-state index is 0.947. The van der Waals surface area contributed by atoms with E-state index in [2.05, 4.69) is 32.1 Å². The van der Waals surface area contributed by atoms with E-state index >= 15 is 0 Å². The van der Waals surface area contributed by atoms with Crippen LogP contribution in [0.25, 0.3) is 32.7 Å². The molecule has 0 aliphatic carbocycles. The van der Waals surface area contributed by atoms with E-state index in [0.717, 1.165) is 32.7 Å². The van der Waals surface area contributed by atoms with Crippen molar-refractivity contribution in [2.45, 2.75) is 0 Å². The van der Waals surface area contributed by atoms with Crippen LogP contribution >= 0.6 is 0 Å². The fraction of sp³-hybridized carbons (Fsp3) is 0. The number of hydrogen-bond acceptors (Lipinski definition) is 3. The molecule has 17 heavy (non-hydrogen) atoms. The summed E-state index contributed by atoms with van der Waals surface area (Å²) in [5, 5.41) is 3.32. The lowest BCUT2D eigenvalue weighted by Crippen LogP contribution is -1.84. The summed E-state index contributed by atoms with van der Waals surface area (Å²) >= 11 is 0. The van der Waals surface area contributed by atoms with Crippen LogP contribution in [0.15, 0.2) is 43.1 Å². The molecule has 4 aromatic rings. The molecule has 0 unspecified atom stereocenters. The smallest absolute Gasteiger partial charge is 0.116 e. The normalized spacial score (nSPS) is 11.5. The number of nitrogens with zero attached hydrogens (tertiary/aromatic N) is 3. The maximum Gasteiger partial charge on any atom is 0.116 e. The SMILES string of the molecule is c1ncc2c(ccc3ccc4[nH]cnc4c32)n1. The van der Waals surface area contributed by atoms with Gasteiger partial charge in [-0.25, -0.2) is 15.0 Å². The molecule has 4 nitrogen and oxygen atoms in total. The molecule has 4 heteroatoms. The monoisotopic (exact) mass is 220 g/mol. The van der Waals surface area contributed by atoms with Gasteiger partial charge in [-0.15, -0.1) is 0 Å². The van der Waals surface area contributed by atoms with Crippen LogP contribution in [0.3, 0.4) is 0 Å². The maximum atomic E-state index is 4.39. The Morgan fingerprint density at radius 3 is 2.94 bits per heavy atom. The Bertz CT molecular complexity index is 848. The summed E-state index contributed by atoms with van der Waals surface area (Å²) in [6.45, 7) is 0. The Morgan fingerprint density at radius 1 is 1.00 bits per heavy atom. The summed E-state index contributed by atoms with van der Waals surface area (Å²) in [6, 6.07) is 8.21. The zero-order valence-corrected chi connectivity index (χ0v) is 8.88. The molecular weight excluding hydrogens is 212 g/mol. The van der Waals surface area contributed by atoms with E-state index in [-0.39, 0.29) is 0 Å². The zero-order valence-electron chi connectivity index (χ0n) is 8.88. The van der Waals surface area contributed by atoms with Crippen LogP contribution in [-0.4, -0.2) is 19.9 Å². The van der Waals surface area contributed by atoms with Crippen LogP contribution < -0.4 is 0 Å². The molecule has 0 fully saturated rings. The molecule has 2 aromatic carbocycles. The topological polar surface area (TPSA) is 54.5 Å². The third-order valence-electron chi connectivity index (χ3n) is 3.06. The molecule has 0 aliphatic heterocycles. The van der Waals surface area contributed by atoms with Gasteiger partial charge < -0.3 is 4.98 Å². The first-order valence-corrected chi connectivity index (χ1v) is 5.38. The number of H-pyrrole nitrogens is 1. The van der Waals surface area contributed by atoms with Gasteiger partial charge in [0, 0.05) is 17.0 Å². The Hall–Kier alpha value is -2.49. The van der Waals surface area contributed by atoms with Crippen LogP contribution in [0.4, 0.5) is 0 Å². The van der Waals surface area contributed by atoms with Crippen LogP contribution in [0.5, 0.6) is 0 Å². The summed E-state index contributed by atoms with van der Waals surface area (Å²) in [5.41, 5.74) is 2.96. The number of hydrogen-bond donors (Lipinski definition) is 1. The van der Waals surface area contributed by atoms with Gasteiger partial charge in [-0.3, -0.25) is 0 Å². The average molecular weight is 220 g/mol. The van der Waals surface area contributed by atoms with Gasteiger partial charge >= 0.3 is 0 Å². The Kier molecular flexibility index (Phi) is 1.53. The summed E-state index contributed by atoms with van der Waals surface area (Å²) in [5.74, 6) is 0. The highest BCUT2D eigenvalue weighted by atomic mass is 14.9. The summed E-state index contributed by atoms with van der Waals surface area (Å²) < 4.78 is 0. The van der Waals surface area contributed by atoms with Crippen LogP contribution in [-0.2, 0) is 0 Å². The maximum absolute atomic E-state index is 4.39. The molecule has 0 radical (unpaired) electrons. The second-order valence-electron chi connectivity index (χ2n) is 3.98. The number of nitrogens with one attached hydrogen (secondary N) is 1. The second kappa shape index (κ2) is 3.01. The zero-order chi connectivity index (χ0) is 11.2. The molecule has 4 rings (SSSR count). The largest absolute Gasteiger partial charge is 0.345 e. The number of aromatic amines is 1. The third-order valence-corrected chi connectivity index (χ3v) is 3.06. The van der Waals surface area contributed by atoms with Gasteiger partial charge in [-0.05, 0) is 17.5 Å². The lowest BCUT2D eigenvalue weighted by Gasteiger charge is -2.03. The first-order chi connectivity index (χ1) is 8.43. The predicted molar refractivity (Wildman–Crippen MR) is 66.7 cm³/mol.